The molecule has 27 heavy (non-hydrogen) atoms. The van der Waals surface area contributed by atoms with Gasteiger partial charge in [0.05, 0.1) is 18.4 Å². The average molecular weight is 364 g/mol. The van der Waals surface area contributed by atoms with E-state index in [1.165, 1.54) is 11.1 Å². The van der Waals surface area contributed by atoms with Crippen LogP contribution in [-0.2, 0) is 7.05 Å². The summed E-state index contributed by atoms with van der Waals surface area (Å²) in [6, 6.07) is 6.05. The van der Waals surface area contributed by atoms with Gasteiger partial charge in [0, 0.05) is 48.5 Å². The highest BCUT2D eigenvalue weighted by Crippen LogP contribution is 2.32. The second-order valence-corrected chi connectivity index (χ2v) is 7.01. The van der Waals surface area contributed by atoms with Gasteiger partial charge in [-0.2, -0.15) is 5.10 Å². The van der Waals surface area contributed by atoms with Crippen molar-refractivity contribution in [3.63, 3.8) is 0 Å². The number of hydrogen-bond acceptors (Lipinski definition) is 3. The highest BCUT2D eigenvalue weighted by Gasteiger charge is 2.25. The molecule has 1 aliphatic heterocycles. The summed E-state index contributed by atoms with van der Waals surface area (Å²) in [5, 5.41) is 5.52. The largest absolute Gasteiger partial charge is 0.497 e. The number of nitrogens with one attached hydrogen (secondary N) is 1. The van der Waals surface area contributed by atoms with Crippen molar-refractivity contribution in [2.45, 2.75) is 20.3 Å². The summed E-state index contributed by atoms with van der Waals surface area (Å²) in [4.78, 5) is 18.2. The molecule has 140 valence electrons. The van der Waals surface area contributed by atoms with Crippen LogP contribution in [0.15, 0.2) is 30.5 Å². The monoisotopic (exact) mass is 364 g/mol. The van der Waals surface area contributed by atoms with Gasteiger partial charge in [-0.3, -0.25) is 9.48 Å². The van der Waals surface area contributed by atoms with Crippen LogP contribution < -0.4 is 4.74 Å². The maximum absolute atomic E-state index is 13.0. The normalized spacial score (nSPS) is 14.5. The van der Waals surface area contributed by atoms with Gasteiger partial charge in [-0.05, 0) is 44.0 Å². The van der Waals surface area contributed by atoms with Crippen LogP contribution in [0, 0.1) is 13.8 Å². The van der Waals surface area contributed by atoms with E-state index >= 15 is 0 Å². The molecule has 3 aromatic rings. The summed E-state index contributed by atoms with van der Waals surface area (Å²) in [6.45, 7) is 5.15. The molecule has 2 aromatic heterocycles. The number of aryl methyl sites for hydroxylation is 2. The number of aromatic nitrogens is 3. The summed E-state index contributed by atoms with van der Waals surface area (Å²) in [5.74, 6) is 0.910. The second kappa shape index (κ2) is 6.61. The first-order valence-corrected chi connectivity index (χ1v) is 9.13. The molecule has 0 fully saturated rings. The lowest BCUT2D eigenvalue weighted by atomic mass is 9.98. The molecule has 0 unspecified atom stereocenters. The molecule has 3 heterocycles. The molecule has 1 aromatic carbocycles. The van der Waals surface area contributed by atoms with E-state index in [4.69, 9.17) is 4.74 Å². The number of rotatable bonds is 3. The van der Waals surface area contributed by atoms with E-state index in [0.29, 0.717) is 13.1 Å². The Morgan fingerprint density at radius 2 is 2.11 bits per heavy atom. The molecule has 1 amide bonds. The van der Waals surface area contributed by atoms with Crippen molar-refractivity contribution < 1.29 is 9.53 Å². The van der Waals surface area contributed by atoms with E-state index in [-0.39, 0.29) is 5.91 Å². The predicted octanol–water partition coefficient (Wildman–Crippen LogP) is 3.46. The Balaban J connectivity index is 1.60. The number of benzene rings is 1. The highest BCUT2D eigenvalue weighted by atomic mass is 16.5. The topological polar surface area (TPSA) is 63.1 Å². The zero-order valence-corrected chi connectivity index (χ0v) is 16.2. The summed E-state index contributed by atoms with van der Waals surface area (Å²) in [6.07, 6.45) is 5.03. The highest BCUT2D eigenvalue weighted by molar-refractivity contribution is 5.98. The smallest absolute Gasteiger partial charge is 0.257 e. The van der Waals surface area contributed by atoms with Crippen LogP contribution in [-0.4, -0.2) is 45.8 Å². The van der Waals surface area contributed by atoms with Gasteiger partial charge in [0.1, 0.15) is 5.75 Å². The van der Waals surface area contributed by atoms with Crippen molar-refractivity contribution in [2.75, 3.05) is 20.2 Å². The van der Waals surface area contributed by atoms with Gasteiger partial charge in [-0.1, -0.05) is 6.08 Å². The number of hydrogen-bond donors (Lipinski definition) is 1. The number of methoxy groups -OCH3 is 1. The average Bonchev–Trinajstić information content (AvgIpc) is 3.21. The Morgan fingerprint density at radius 3 is 2.74 bits per heavy atom. The molecule has 0 saturated carbocycles. The first-order valence-electron chi connectivity index (χ1n) is 9.13. The standard InChI is InChI=1S/C21H24N4O2/c1-13-20(14(2)24(3)23-13)21(26)25-9-7-15(8-10-25)18-12-22-19-6-5-16(27-4)11-17(18)19/h5-7,11-12,22H,8-10H2,1-4H3. The molecular formula is C21H24N4O2. The SMILES string of the molecule is COc1ccc2[nH]cc(C3=CCN(C(=O)c4c(C)nn(C)c4C)CC3)c2c1. The van der Waals surface area contributed by atoms with Gasteiger partial charge in [0.2, 0.25) is 0 Å². The third-order valence-corrected chi connectivity index (χ3v) is 5.45. The van der Waals surface area contributed by atoms with E-state index < -0.39 is 0 Å². The van der Waals surface area contributed by atoms with Gasteiger partial charge in [0.25, 0.3) is 5.91 Å². The van der Waals surface area contributed by atoms with Crippen molar-refractivity contribution >= 4 is 22.4 Å². The van der Waals surface area contributed by atoms with Gasteiger partial charge in [0.15, 0.2) is 0 Å². The molecule has 0 saturated heterocycles. The molecule has 0 atom stereocenters. The molecule has 0 aliphatic carbocycles. The minimum atomic E-state index is 0.0639. The molecule has 0 bridgehead atoms. The Bertz CT molecular complexity index is 1060. The summed E-state index contributed by atoms with van der Waals surface area (Å²) >= 11 is 0. The zero-order chi connectivity index (χ0) is 19.1. The number of carbonyl (C=O) groups excluding carboxylic acids is 1. The lowest BCUT2D eigenvalue weighted by Gasteiger charge is -2.26. The van der Waals surface area contributed by atoms with E-state index in [1.54, 1.807) is 11.8 Å². The summed E-state index contributed by atoms with van der Waals surface area (Å²) < 4.78 is 7.13. The molecule has 1 N–H and O–H groups in total. The lowest BCUT2D eigenvalue weighted by molar-refractivity contribution is 0.0771. The van der Waals surface area contributed by atoms with Crippen molar-refractivity contribution in [3.05, 3.63) is 53.0 Å². The van der Waals surface area contributed by atoms with Crippen LogP contribution in [0.2, 0.25) is 0 Å². The number of ether oxygens (including phenoxy) is 1. The lowest BCUT2D eigenvalue weighted by Crippen LogP contribution is -2.35. The Kier molecular flexibility index (Phi) is 4.26. The first-order chi connectivity index (χ1) is 13.0. The quantitative estimate of drug-likeness (QED) is 0.774. The molecule has 0 radical (unpaired) electrons. The fourth-order valence-corrected chi connectivity index (χ4v) is 3.83. The van der Waals surface area contributed by atoms with Crippen LogP contribution in [0.25, 0.3) is 16.5 Å². The van der Waals surface area contributed by atoms with E-state index in [1.807, 2.05) is 44.1 Å². The molecule has 1 aliphatic rings. The first kappa shape index (κ1) is 17.4. The van der Waals surface area contributed by atoms with Gasteiger partial charge in [-0.15, -0.1) is 0 Å². The van der Waals surface area contributed by atoms with E-state index in [0.717, 1.165) is 40.0 Å². The van der Waals surface area contributed by atoms with E-state index in [2.05, 4.69) is 22.2 Å². The fourth-order valence-electron chi connectivity index (χ4n) is 3.83. The predicted molar refractivity (Wildman–Crippen MR) is 106 cm³/mol. The third kappa shape index (κ3) is 2.91. The number of nitrogens with zero attached hydrogens (tertiary/aromatic N) is 3. The van der Waals surface area contributed by atoms with Crippen LogP contribution >= 0.6 is 0 Å². The Hall–Kier alpha value is -3.02. The van der Waals surface area contributed by atoms with Crippen LogP contribution in [0.5, 0.6) is 5.75 Å². The number of H-pyrrole nitrogens is 1. The maximum atomic E-state index is 13.0. The molecule has 0 spiro atoms. The molecule has 6 nitrogen and oxygen atoms in total. The van der Waals surface area contributed by atoms with E-state index in [9.17, 15) is 4.79 Å². The van der Waals surface area contributed by atoms with Gasteiger partial charge >= 0.3 is 0 Å². The second-order valence-electron chi connectivity index (χ2n) is 7.01. The van der Waals surface area contributed by atoms with Gasteiger partial charge < -0.3 is 14.6 Å². The molecular weight excluding hydrogens is 340 g/mol. The summed E-state index contributed by atoms with van der Waals surface area (Å²) in [7, 11) is 3.55. The number of fused-ring (bicyclic) bond motifs is 1. The fraction of sp³-hybridized carbons (Fsp3) is 0.333. The minimum Gasteiger partial charge on any atom is -0.497 e. The van der Waals surface area contributed by atoms with Crippen molar-refractivity contribution in [1.29, 1.82) is 0 Å². The summed E-state index contributed by atoms with van der Waals surface area (Å²) in [5.41, 5.74) is 5.97. The number of amides is 1. The van der Waals surface area contributed by atoms with Crippen molar-refractivity contribution in [2.24, 2.45) is 7.05 Å². The zero-order valence-electron chi connectivity index (χ0n) is 16.2. The molecule has 6 heteroatoms. The van der Waals surface area contributed by atoms with Gasteiger partial charge in [-0.25, -0.2) is 0 Å². The number of aromatic amines is 1. The van der Waals surface area contributed by atoms with Crippen molar-refractivity contribution in [3.8, 4) is 5.75 Å². The van der Waals surface area contributed by atoms with Crippen LogP contribution in [0.4, 0.5) is 0 Å². The maximum Gasteiger partial charge on any atom is 0.257 e. The minimum absolute atomic E-state index is 0.0639. The number of carbonyl (C=O) groups is 1. The molecule has 4 rings (SSSR count). The van der Waals surface area contributed by atoms with Crippen molar-refractivity contribution in [1.82, 2.24) is 19.7 Å². The van der Waals surface area contributed by atoms with Crippen LogP contribution in [0.3, 0.4) is 0 Å². The van der Waals surface area contributed by atoms with Crippen LogP contribution in [0.1, 0.15) is 33.7 Å². The Labute approximate surface area is 158 Å². The third-order valence-electron chi connectivity index (χ3n) is 5.45. The Morgan fingerprint density at radius 1 is 1.30 bits per heavy atom.